The lowest BCUT2D eigenvalue weighted by Gasteiger charge is -2.35. The number of aromatic nitrogens is 2. The molecule has 2 aromatic rings. The maximum absolute atomic E-state index is 12.9. The molecule has 1 aromatic carbocycles. The number of nitrogens with one attached hydrogen (secondary N) is 1. The van der Waals surface area contributed by atoms with Gasteiger partial charge in [0.1, 0.15) is 0 Å². The summed E-state index contributed by atoms with van der Waals surface area (Å²) >= 11 is 0. The van der Waals surface area contributed by atoms with Crippen LogP contribution in [0.25, 0.3) is 0 Å². The molecule has 2 aliphatic heterocycles. The minimum Gasteiger partial charge on any atom is -0.354 e. The molecule has 148 valence electrons. The van der Waals surface area contributed by atoms with Crippen LogP contribution in [-0.4, -0.2) is 57.9 Å². The maximum atomic E-state index is 12.9. The summed E-state index contributed by atoms with van der Waals surface area (Å²) in [5.74, 6) is 1.61. The van der Waals surface area contributed by atoms with Crippen LogP contribution >= 0.6 is 0 Å². The molecule has 0 saturated carbocycles. The fourth-order valence-corrected chi connectivity index (χ4v) is 4.23. The fraction of sp³-hybridized carbons (Fsp3) is 0.500. The number of piperidine rings is 1. The molecule has 0 radical (unpaired) electrons. The van der Waals surface area contributed by atoms with Crippen LogP contribution in [0.4, 0.5) is 5.95 Å². The van der Waals surface area contributed by atoms with E-state index >= 15 is 0 Å². The molecule has 6 nitrogen and oxygen atoms in total. The zero-order chi connectivity index (χ0) is 19.3. The van der Waals surface area contributed by atoms with Crippen molar-refractivity contribution in [3.8, 4) is 0 Å². The van der Waals surface area contributed by atoms with Gasteiger partial charge in [-0.15, -0.1) is 0 Å². The molecule has 2 saturated heterocycles. The summed E-state index contributed by atoms with van der Waals surface area (Å²) in [6.07, 6.45) is 6.69. The Kier molecular flexibility index (Phi) is 5.86. The van der Waals surface area contributed by atoms with E-state index in [2.05, 4.69) is 51.4 Å². The zero-order valence-electron chi connectivity index (χ0n) is 16.6. The zero-order valence-corrected chi connectivity index (χ0v) is 16.6. The molecule has 1 atom stereocenters. The molecule has 4 rings (SSSR count). The van der Waals surface area contributed by atoms with Gasteiger partial charge >= 0.3 is 0 Å². The summed E-state index contributed by atoms with van der Waals surface area (Å²) in [4.78, 5) is 25.8. The third-order valence-electron chi connectivity index (χ3n) is 5.97. The molecule has 1 amide bonds. The Bertz CT molecular complexity index is 771. The van der Waals surface area contributed by atoms with Crippen molar-refractivity contribution < 1.29 is 4.79 Å². The van der Waals surface area contributed by atoms with Gasteiger partial charge in [-0.2, -0.15) is 0 Å². The molecular weight excluding hydrogens is 350 g/mol. The van der Waals surface area contributed by atoms with Crippen molar-refractivity contribution in [1.29, 1.82) is 0 Å². The lowest BCUT2D eigenvalue weighted by Crippen LogP contribution is -2.46. The SMILES string of the molecule is Cc1ccc(CN2CC[C@H](N3CCC(CNc4ncccn4)CC3)C2=O)cc1. The standard InChI is InChI=1S/C22H29N5O/c1-17-3-5-19(6-4-17)16-27-14-9-20(21(27)28)26-12-7-18(8-13-26)15-25-22-23-10-2-11-24-22/h2-6,10-11,18,20H,7-9,12-16H2,1H3,(H,23,24,25)/t20-/m0/s1. The summed E-state index contributed by atoms with van der Waals surface area (Å²) < 4.78 is 0. The number of likely N-dealkylation sites (tertiary alicyclic amines) is 2. The fourth-order valence-electron chi connectivity index (χ4n) is 4.23. The molecule has 0 spiro atoms. The highest BCUT2D eigenvalue weighted by Gasteiger charge is 2.37. The average molecular weight is 380 g/mol. The van der Waals surface area contributed by atoms with E-state index in [-0.39, 0.29) is 6.04 Å². The molecular formula is C22H29N5O. The first-order valence-electron chi connectivity index (χ1n) is 10.3. The number of hydrogen-bond acceptors (Lipinski definition) is 5. The highest BCUT2D eigenvalue weighted by Crippen LogP contribution is 2.25. The van der Waals surface area contributed by atoms with Gasteiger partial charge in [-0.1, -0.05) is 29.8 Å². The van der Waals surface area contributed by atoms with Gasteiger partial charge in [0, 0.05) is 32.0 Å². The third kappa shape index (κ3) is 4.50. The normalized spacial score (nSPS) is 21.2. The first-order valence-corrected chi connectivity index (χ1v) is 10.3. The molecule has 1 N–H and O–H groups in total. The van der Waals surface area contributed by atoms with Crippen LogP contribution in [0.5, 0.6) is 0 Å². The number of benzene rings is 1. The number of carbonyl (C=O) groups excluding carboxylic acids is 1. The first-order chi connectivity index (χ1) is 13.7. The van der Waals surface area contributed by atoms with Gasteiger partial charge in [0.05, 0.1) is 6.04 Å². The summed E-state index contributed by atoms with van der Waals surface area (Å²) in [7, 11) is 0. The number of amides is 1. The molecule has 0 aliphatic carbocycles. The van der Waals surface area contributed by atoms with Gasteiger partial charge < -0.3 is 10.2 Å². The smallest absolute Gasteiger partial charge is 0.240 e. The highest BCUT2D eigenvalue weighted by atomic mass is 16.2. The van der Waals surface area contributed by atoms with Gasteiger partial charge in [-0.25, -0.2) is 9.97 Å². The average Bonchev–Trinajstić information content (AvgIpc) is 3.09. The van der Waals surface area contributed by atoms with Crippen LogP contribution in [0, 0.1) is 12.8 Å². The van der Waals surface area contributed by atoms with Crippen LogP contribution in [0.2, 0.25) is 0 Å². The number of nitrogens with zero attached hydrogens (tertiary/aromatic N) is 4. The Balaban J connectivity index is 1.24. The minimum atomic E-state index is 0.0665. The Hall–Kier alpha value is -2.47. The third-order valence-corrected chi connectivity index (χ3v) is 5.97. The van der Waals surface area contributed by atoms with Crippen molar-refractivity contribution in [2.45, 2.75) is 38.8 Å². The maximum Gasteiger partial charge on any atom is 0.240 e. The summed E-state index contributed by atoms with van der Waals surface area (Å²) in [5.41, 5.74) is 2.47. The highest BCUT2D eigenvalue weighted by molar-refractivity contribution is 5.84. The molecule has 0 bridgehead atoms. The van der Waals surface area contributed by atoms with Crippen LogP contribution in [0.3, 0.4) is 0 Å². The topological polar surface area (TPSA) is 61.4 Å². The van der Waals surface area contributed by atoms with Crippen molar-refractivity contribution in [1.82, 2.24) is 19.8 Å². The van der Waals surface area contributed by atoms with Gasteiger partial charge in [-0.05, 0) is 56.8 Å². The quantitative estimate of drug-likeness (QED) is 0.836. The largest absolute Gasteiger partial charge is 0.354 e. The minimum absolute atomic E-state index is 0.0665. The lowest BCUT2D eigenvalue weighted by atomic mass is 9.95. The molecule has 3 heterocycles. The molecule has 0 unspecified atom stereocenters. The second-order valence-electron chi connectivity index (χ2n) is 7.98. The number of rotatable bonds is 6. The molecule has 28 heavy (non-hydrogen) atoms. The second kappa shape index (κ2) is 8.69. The van der Waals surface area contributed by atoms with Gasteiger partial charge in [-0.3, -0.25) is 9.69 Å². The Morgan fingerprint density at radius 3 is 2.46 bits per heavy atom. The van der Waals surface area contributed by atoms with Crippen molar-refractivity contribution in [3.05, 3.63) is 53.9 Å². The van der Waals surface area contributed by atoms with E-state index in [0.29, 0.717) is 17.8 Å². The van der Waals surface area contributed by atoms with Crippen LogP contribution in [0.1, 0.15) is 30.4 Å². The number of anilines is 1. The van der Waals surface area contributed by atoms with Crippen molar-refractivity contribution in [3.63, 3.8) is 0 Å². The summed E-state index contributed by atoms with van der Waals surface area (Å²) in [6.45, 7) is 6.58. The molecule has 6 heteroatoms. The molecule has 1 aromatic heterocycles. The van der Waals surface area contributed by atoms with E-state index < -0.39 is 0 Å². The monoisotopic (exact) mass is 379 g/mol. The second-order valence-corrected chi connectivity index (χ2v) is 7.98. The van der Waals surface area contributed by atoms with E-state index in [0.717, 1.165) is 52.0 Å². The Labute approximate surface area is 167 Å². The van der Waals surface area contributed by atoms with Crippen LogP contribution in [0.15, 0.2) is 42.7 Å². The van der Waals surface area contributed by atoms with E-state index in [1.807, 2.05) is 11.0 Å². The van der Waals surface area contributed by atoms with E-state index in [4.69, 9.17) is 0 Å². The summed E-state index contributed by atoms with van der Waals surface area (Å²) in [5, 5.41) is 3.33. The van der Waals surface area contributed by atoms with Crippen molar-refractivity contribution >= 4 is 11.9 Å². The lowest BCUT2D eigenvalue weighted by molar-refractivity contribution is -0.133. The molecule has 2 fully saturated rings. The van der Waals surface area contributed by atoms with Crippen molar-refractivity contribution in [2.24, 2.45) is 5.92 Å². The van der Waals surface area contributed by atoms with Crippen molar-refractivity contribution in [2.75, 3.05) is 31.5 Å². The predicted molar refractivity (Wildman–Crippen MR) is 110 cm³/mol. The summed E-state index contributed by atoms with van der Waals surface area (Å²) in [6, 6.07) is 10.4. The van der Waals surface area contributed by atoms with Crippen LogP contribution < -0.4 is 5.32 Å². The van der Waals surface area contributed by atoms with Gasteiger partial charge in [0.15, 0.2) is 0 Å². The predicted octanol–water partition coefficient (Wildman–Crippen LogP) is 2.71. The van der Waals surface area contributed by atoms with E-state index in [1.54, 1.807) is 12.4 Å². The van der Waals surface area contributed by atoms with Crippen LogP contribution in [-0.2, 0) is 11.3 Å². The van der Waals surface area contributed by atoms with Gasteiger partial charge in [0.2, 0.25) is 11.9 Å². The molecule has 2 aliphatic rings. The number of hydrogen-bond donors (Lipinski definition) is 1. The van der Waals surface area contributed by atoms with Gasteiger partial charge in [0.25, 0.3) is 0 Å². The Morgan fingerprint density at radius 2 is 1.75 bits per heavy atom. The Morgan fingerprint density at radius 1 is 1.04 bits per heavy atom. The first kappa shape index (κ1) is 18.9. The number of aryl methyl sites for hydroxylation is 1. The van der Waals surface area contributed by atoms with E-state index in [9.17, 15) is 4.79 Å². The van der Waals surface area contributed by atoms with E-state index in [1.165, 1.54) is 11.1 Å². The number of carbonyl (C=O) groups is 1.